The molecule has 0 aliphatic rings. The van der Waals surface area contributed by atoms with Crippen LogP contribution in [0.3, 0.4) is 0 Å². The second-order valence-electron chi connectivity index (χ2n) is 7.33. The fraction of sp³-hybridized carbons (Fsp3) is 0.240. The third-order valence-corrected chi connectivity index (χ3v) is 4.86. The van der Waals surface area contributed by atoms with Crippen molar-refractivity contribution in [2.45, 2.75) is 25.7 Å². The Hall–Kier alpha value is -3.87. The van der Waals surface area contributed by atoms with Gasteiger partial charge in [-0.3, -0.25) is 14.4 Å². The molecule has 0 N–H and O–H groups in total. The number of carbonyl (C=O) groups excluding carboxylic acids is 3. The first-order valence-corrected chi connectivity index (χ1v) is 10.3. The van der Waals surface area contributed by atoms with Gasteiger partial charge in [0, 0.05) is 23.6 Å². The van der Waals surface area contributed by atoms with Crippen LogP contribution in [0, 0.1) is 0 Å². The number of esters is 2. The summed E-state index contributed by atoms with van der Waals surface area (Å²) in [7, 11) is 0. The number of benzene rings is 2. The fourth-order valence-electron chi connectivity index (χ4n) is 3.34. The van der Waals surface area contributed by atoms with Crippen molar-refractivity contribution in [2.75, 3.05) is 13.2 Å². The highest BCUT2D eigenvalue weighted by Crippen LogP contribution is 2.20. The number of hydrogen-bond donors (Lipinski definition) is 0. The Bertz CT molecular complexity index is 1090. The molecule has 0 saturated carbocycles. The summed E-state index contributed by atoms with van der Waals surface area (Å²) in [5.41, 5.74) is 1.53. The number of Topliss-reactive ketones (excluding diaryl/α,β-unsaturated/α-hetero) is 1. The van der Waals surface area contributed by atoms with Crippen molar-refractivity contribution >= 4 is 39.7 Å². The van der Waals surface area contributed by atoms with E-state index in [9.17, 15) is 14.4 Å². The van der Waals surface area contributed by atoms with Gasteiger partial charge in [0.05, 0.1) is 13.2 Å². The normalized spacial score (nSPS) is 11.0. The van der Waals surface area contributed by atoms with Gasteiger partial charge in [-0.2, -0.15) is 0 Å². The van der Waals surface area contributed by atoms with E-state index < -0.39 is 30.6 Å². The fourth-order valence-corrected chi connectivity index (χ4v) is 3.34. The maximum atomic E-state index is 11.9. The zero-order chi connectivity index (χ0) is 22.3. The Balaban J connectivity index is 1.12. The second-order valence-corrected chi connectivity index (χ2v) is 7.33. The van der Waals surface area contributed by atoms with E-state index in [-0.39, 0.29) is 13.2 Å². The number of hydrogen-bond acceptors (Lipinski definition) is 7. The Labute approximate surface area is 183 Å². The van der Waals surface area contributed by atoms with Crippen LogP contribution in [0.25, 0.3) is 21.9 Å². The SMILES string of the molecule is O=C(CC(=O)OCCc1cc2ccccc2o1)CC(=O)OCCc1cc2ccccc2o1. The molecule has 0 saturated heterocycles. The summed E-state index contributed by atoms with van der Waals surface area (Å²) in [6, 6.07) is 18.9. The summed E-state index contributed by atoms with van der Waals surface area (Å²) < 4.78 is 21.4. The molecule has 0 radical (unpaired) electrons. The second kappa shape index (κ2) is 9.96. The summed E-state index contributed by atoms with van der Waals surface area (Å²) >= 11 is 0. The minimum absolute atomic E-state index is 0.0912. The average Bonchev–Trinajstić information content (AvgIpc) is 3.36. The van der Waals surface area contributed by atoms with Crippen molar-refractivity contribution in [3.05, 3.63) is 72.2 Å². The lowest BCUT2D eigenvalue weighted by Crippen LogP contribution is -2.17. The van der Waals surface area contributed by atoms with Gasteiger partial charge in [0.25, 0.3) is 0 Å². The van der Waals surface area contributed by atoms with Gasteiger partial charge in [0.15, 0.2) is 5.78 Å². The number of carbonyl (C=O) groups is 3. The van der Waals surface area contributed by atoms with Crippen LogP contribution in [-0.2, 0) is 36.7 Å². The molecule has 0 bridgehead atoms. The van der Waals surface area contributed by atoms with Crippen LogP contribution in [0.15, 0.2) is 69.5 Å². The largest absolute Gasteiger partial charge is 0.465 e. The summed E-state index contributed by atoms with van der Waals surface area (Å²) in [6.45, 7) is 0.182. The quantitative estimate of drug-likeness (QED) is 0.270. The van der Waals surface area contributed by atoms with Crippen molar-refractivity contribution in [3.8, 4) is 0 Å². The molecule has 2 aromatic heterocycles. The molecule has 2 aromatic carbocycles. The molecule has 0 aliphatic heterocycles. The van der Waals surface area contributed by atoms with Crippen LogP contribution in [0.5, 0.6) is 0 Å². The highest BCUT2D eigenvalue weighted by atomic mass is 16.5. The van der Waals surface area contributed by atoms with Crippen molar-refractivity contribution in [2.24, 2.45) is 0 Å². The highest BCUT2D eigenvalue weighted by Gasteiger charge is 2.16. The van der Waals surface area contributed by atoms with Crippen LogP contribution in [-0.4, -0.2) is 30.9 Å². The molecule has 4 aromatic rings. The predicted octanol–water partition coefficient (Wildman–Crippen LogP) is 4.40. The van der Waals surface area contributed by atoms with Crippen molar-refractivity contribution in [1.29, 1.82) is 0 Å². The molecule has 0 amide bonds. The molecule has 0 aliphatic carbocycles. The smallest absolute Gasteiger partial charge is 0.313 e. The van der Waals surface area contributed by atoms with Crippen LogP contribution in [0.2, 0.25) is 0 Å². The minimum Gasteiger partial charge on any atom is -0.465 e. The number of fused-ring (bicyclic) bond motifs is 2. The molecule has 0 atom stereocenters. The summed E-state index contributed by atoms with van der Waals surface area (Å²) in [5, 5.41) is 1.95. The molecule has 4 rings (SSSR count). The number of furan rings is 2. The molecule has 7 heteroatoms. The van der Waals surface area contributed by atoms with E-state index in [0.29, 0.717) is 24.4 Å². The maximum Gasteiger partial charge on any atom is 0.313 e. The summed E-state index contributed by atoms with van der Waals surface area (Å²) in [4.78, 5) is 35.6. The number of ketones is 1. The zero-order valence-electron chi connectivity index (χ0n) is 17.4. The molecule has 164 valence electrons. The van der Waals surface area contributed by atoms with Gasteiger partial charge in [-0.1, -0.05) is 36.4 Å². The summed E-state index contributed by atoms with van der Waals surface area (Å²) in [5.74, 6) is -0.522. The van der Waals surface area contributed by atoms with Crippen LogP contribution >= 0.6 is 0 Å². The Morgan fingerprint density at radius 3 is 1.53 bits per heavy atom. The Morgan fingerprint density at radius 2 is 1.09 bits per heavy atom. The van der Waals surface area contributed by atoms with E-state index >= 15 is 0 Å². The minimum atomic E-state index is -0.679. The molecular weight excluding hydrogens is 412 g/mol. The van der Waals surface area contributed by atoms with Gasteiger partial charge >= 0.3 is 11.9 Å². The predicted molar refractivity (Wildman–Crippen MR) is 116 cm³/mol. The van der Waals surface area contributed by atoms with E-state index in [1.54, 1.807) is 0 Å². The van der Waals surface area contributed by atoms with Crippen LogP contribution in [0.1, 0.15) is 24.4 Å². The van der Waals surface area contributed by atoms with Crippen molar-refractivity contribution in [3.63, 3.8) is 0 Å². The van der Waals surface area contributed by atoms with Gasteiger partial charge in [0.1, 0.15) is 35.5 Å². The molecule has 0 unspecified atom stereocenters. The molecule has 2 heterocycles. The van der Waals surface area contributed by atoms with E-state index in [2.05, 4.69) is 0 Å². The molecule has 7 nitrogen and oxygen atoms in total. The molecule has 32 heavy (non-hydrogen) atoms. The van der Waals surface area contributed by atoms with Crippen LogP contribution in [0.4, 0.5) is 0 Å². The van der Waals surface area contributed by atoms with Gasteiger partial charge in [-0.25, -0.2) is 0 Å². The lowest BCUT2D eigenvalue weighted by Gasteiger charge is -2.04. The Kier molecular flexibility index (Phi) is 6.65. The zero-order valence-corrected chi connectivity index (χ0v) is 17.4. The summed E-state index contributed by atoms with van der Waals surface area (Å²) in [6.07, 6.45) is -0.144. The van der Waals surface area contributed by atoms with Crippen LogP contribution < -0.4 is 0 Å². The lowest BCUT2D eigenvalue weighted by atomic mass is 10.2. The number of rotatable bonds is 10. The third kappa shape index (κ3) is 5.63. The first-order chi connectivity index (χ1) is 15.6. The monoisotopic (exact) mass is 434 g/mol. The Morgan fingerprint density at radius 1 is 0.656 bits per heavy atom. The standard InChI is InChI=1S/C25H22O7/c26-19(15-24(27)29-11-9-20-13-17-5-1-3-7-22(17)31-20)16-25(28)30-12-10-21-14-18-6-2-4-8-23(18)32-21/h1-8,13-14H,9-12,15-16H2. The van der Waals surface area contributed by atoms with E-state index in [0.717, 1.165) is 21.9 Å². The third-order valence-electron chi connectivity index (χ3n) is 4.86. The van der Waals surface area contributed by atoms with Gasteiger partial charge in [-0.05, 0) is 24.3 Å². The van der Waals surface area contributed by atoms with Crippen molar-refractivity contribution in [1.82, 2.24) is 0 Å². The maximum absolute atomic E-state index is 11.9. The highest BCUT2D eigenvalue weighted by molar-refractivity contribution is 6.03. The first kappa shape index (κ1) is 21.4. The van der Waals surface area contributed by atoms with Gasteiger partial charge in [0.2, 0.25) is 0 Å². The van der Waals surface area contributed by atoms with E-state index in [1.807, 2.05) is 60.7 Å². The van der Waals surface area contributed by atoms with E-state index in [1.165, 1.54) is 0 Å². The topological polar surface area (TPSA) is 96.0 Å². The molecular formula is C25H22O7. The number of para-hydroxylation sites is 2. The molecule has 0 fully saturated rings. The van der Waals surface area contributed by atoms with Gasteiger partial charge in [-0.15, -0.1) is 0 Å². The first-order valence-electron chi connectivity index (χ1n) is 10.3. The number of ether oxygens (including phenoxy) is 2. The lowest BCUT2D eigenvalue weighted by molar-refractivity contribution is -0.148. The molecule has 0 spiro atoms. The van der Waals surface area contributed by atoms with Gasteiger partial charge < -0.3 is 18.3 Å². The van der Waals surface area contributed by atoms with E-state index in [4.69, 9.17) is 18.3 Å². The van der Waals surface area contributed by atoms with Crippen molar-refractivity contribution < 1.29 is 32.7 Å². The average molecular weight is 434 g/mol.